The van der Waals surface area contributed by atoms with Gasteiger partial charge in [-0.05, 0) is 30.5 Å². The minimum absolute atomic E-state index is 0.296. The lowest BCUT2D eigenvalue weighted by atomic mass is 10.1. The molecule has 0 saturated carbocycles. The van der Waals surface area contributed by atoms with Crippen molar-refractivity contribution in [2.24, 2.45) is 0 Å². The molecule has 2 N–H and O–H groups in total. The average molecular weight is 333 g/mol. The third kappa shape index (κ3) is 4.57. The first kappa shape index (κ1) is 17.0. The topological polar surface area (TPSA) is 58.0 Å². The number of anilines is 1. The molecular weight excluding hydrogens is 310 g/mol. The van der Waals surface area contributed by atoms with E-state index in [0.29, 0.717) is 5.75 Å². The van der Waals surface area contributed by atoms with Crippen LogP contribution in [0.1, 0.15) is 24.6 Å². The van der Waals surface area contributed by atoms with Gasteiger partial charge in [0, 0.05) is 12.1 Å². The molecule has 0 unspecified atom stereocenters. The fourth-order valence-corrected chi connectivity index (χ4v) is 2.72. The van der Waals surface area contributed by atoms with Crippen LogP contribution in [-0.2, 0) is 12.8 Å². The number of hydrogen-bond donors (Lipinski definition) is 2. The highest BCUT2D eigenvalue weighted by atomic mass is 16.3. The van der Waals surface area contributed by atoms with Crippen LogP contribution in [0.2, 0.25) is 0 Å². The van der Waals surface area contributed by atoms with Crippen molar-refractivity contribution >= 4 is 5.82 Å². The zero-order chi connectivity index (χ0) is 17.5. The molecule has 3 aromatic rings. The number of phenolic OH excluding ortho intramolecular Hbond substituents is 1. The summed E-state index contributed by atoms with van der Waals surface area (Å²) in [5.74, 6) is 1.16. The first-order valence-corrected chi connectivity index (χ1v) is 8.69. The number of benzene rings is 2. The van der Waals surface area contributed by atoms with Gasteiger partial charge in [0.2, 0.25) is 0 Å². The summed E-state index contributed by atoms with van der Waals surface area (Å²) < 4.78 is 0. The highest BCUT2D eigenvalue weighted by molar-refractivity contribution is 5.59. The van der Waals surface area contributed by atoms with Crippen molar-refractivity contribution in [3.05, 3.63) is 72.1 Å². The predicted molar refractivity (Wildman–Crippen MR) is 102 cm³/mol. The summed E-state index contributed by atoms with van der Waals surface area (Å²) in [5, 5.41) is 12.7. The van der Waals surface area contributed by atoms with E-state index in [0.717, 1.165) is 48.6 Å². The van der Waals surface area contributed by atoms with E-state index in [1.165, 1.54) is 5.56 Å². The average Bonchev–Trinajstić information content (AvgIpc) is 2.65. The highest BCUT2D eigenvalue weighted by Gasteiger charge is 2.08. The second-order valence-corrected chi connectivity index (χ2v) is 6.01. The number of aromatic hydroxyl groups is 1. The molecule has 0 amide bonds. The van der Waals surface area contributed by atoms with E-state index in [9.17, 15) is 5.11 Å². The summed E-state index contributed by atoms with van der Waals surface area (Å²) >= 11 is 0. The Morgan fingerprint density at radius 3 is 2.44 bits per heavy atom. The monoisotopic (exact) mass is 333 g/mol. The van der Waals surface area contributed by atoms with Gasteiger partial charge < -0.3 is 10.4 Å². The van der Waals surface area contributed by atoms with Crippen LogP contribution in [0.4, 0.5) is 5.82 Å². The Balaban J connectivity index is 1.70. The number of rotatable bonds is 7. The third-order valence-corrected chi connectivity index (χ3v) is 4.04. The number of nitrogens with one attached hydrogen (secondary N) is 1. The fourth-order valence-electron chi connectivity index (χ4n) is 2.72. The Hall–Kier alpha value is -2.88. The molecular formula is C21H23N3O. The molecule has 0 aliphatic carbocycles. The first-order chi connectivity index (χ1) is 12.3. The molecule has 4 heteroatoms. The molecule has 0 fully saturated rings. The van der Waals surface area contributed by atoms with Gasteiger partial charge in [0.15, 0.2) is 0 Å². The summed E-state index contributed by atoms with van der Waals surface area (Å²) in [6, 6.07) is 17.4. The zero-order valence-electron chi connectivity index (χ0n) is 14.4. The van der Waals surface area contributed by atoms with Crippen molar-refractivity contribution in [1.82, 2.24) is 9.97 Å². The molecule has 3 rings (SSSR count). The zero-order valence-corrected chi connectivity index (χ0v) is 14.4. The number of hydrogen-bond acceptors (Lipinski definition) is 4. The summed E-state index contributed by atoms with van der Waals surface area (Å²) in [6.07, 6.45) is 4.63. The van der Waals surface area contributed by atoms with Crippen molar-refractivity contribution in [2.75, 3.05) is 11.9 Å². The highest BCUT2D eigenvalue weighted by Crippen LogP contribution is 2.20. The Labute approximate surface area is 148 Å². The van der Waals surface area contributed by atoms with Crippen LogP contribution < -0.4 is 5.32 Å². The maximum absolute atomic E-state index is 9.34. The lowest BCUT2D eigenvalue weighted by Crippen LogP contribution is -2.10. The van der Waals surface area contributed by atoms with Crippen molar-refractivity contribution in [2.45, 2.75) is 26.2 Å². The standard InChI is InChI=1S/C21H23N3O/c1-2-6-19-21(22-14-13-16-9-11-18(25)12-10-16)23-15-20(24-19)17-7-4-3-5-8-17/h3-5,7-12,15,25H,2,6,13-14H2,1H3,(H,22,23). The van der Waals surface area contributed by atoms with E-state index in [2.05, 4.69) is 29.4 Å². The summed E-state index contributed by atoms with van der Waals surface area (Å²) in [5.41, 5.74) is 4.18. The van der Waals surface area contributed by atoms with E-state index >= 15 is 0 Å². The number of aryl methyl sites for hydroxylation is 1. The van der Waals surface area contributed by atoms with Gasteiger partial charge in [-0.2, -0.15) is 0 Å². The van der Waals surface area contributed by atoms with Gasteiger partial charge in [-0.25, -0.2) is 9.97 Å². The van der Waals surface area contributed by atoms with Crippen LogP contribution in [0.25, 0.3) is 11.3 Å². The van der Waals surface area contributed by atoms with Gasteiger partial charge in [0.1, 0.15) is 11.6 Å². The van der Waals surface area contributed by atoms with Crippen LogP contribution >= 0.6 is 0 Å². The SMILES string of the molecule is CCCc1nc(-c2ccccc2)cnc1NCCc1ccc(O)cc1. The second kappa shape index (κ2) is 8.29. The maximum atomic E-state index is 9.34. The van der Waals surface area contributed by atoms with E-state index in [1.54, 1.807) is 12.1 Å². The lowest BCUT2D eigenvalue weighted by Gasteiger charge is -2.12. The normalized spacial score (nSPS) is 10.6. The molecule has 0 atom stereocenters. The molecule has 1 aromatic heterocycles. The molecule has 2 aromatic carbocycles. The minimum atomic E-state index is 0.296. The van der Waals surface area contributed by atoms with Gasteiger partial charge in [-0.15, -0.1) is 0 Å². The van der Waals surface area contributed by atoms with Crippen LogP contribution in [0, 0.1) is 0 Å². The van der Waals surface area contributed by atoms with E-state index in [1.807, 2.05) is 36.5 Å². The van der Waals surface area contributed by atoms with Gasteiger partial charge in [0.25, 0.3) is 0 Å². The third-order valence-electron chi connectivity index (χ3n) is 4.04. The van der Waals surface area contributed by atoms with Gasteiger partial charge >= 0.3 is 0 Å². The molecule has 1 heterocycles. The molecule has 0 aliphatic heterocycles. The van der Waals surface area contributed by atoms with Crippen molar-refractivity contribution in [1.29, 1.82) is 0 Å². The van der Waals surface area contributed by atoms with E-state index in [4.69, 9.17) is 4.98 Å². The molecule has 0 spiro atoms. The quantitative estimate of drug-likeness (QED) is 0.670. The van der Waals surface area contributed by atoms with Crippen LogP contribution in [-0.4, -0.2) is 21.6 Å². The fraction of sp³-hybridized carbons (Fsp3) is 0.238. The number of nitrogens with zero attached hydrogens (tertiary/aromatic N) is 2. The smallest absolute Gasteiger partial charge is 0.147 e. The summed E-state index contributed by atoms with van der Waals surface area (Å²) in [4.78, 5) is 9.42. The number of aromatic nitrogens is 2. The van der Waals surface area contributed by atoms with Gasteiger partial charge in [0.05, 0.1) is 17.6 Å². The molecule has 0 bridgehead atoms. The molecule has 128 valence electrons. The molecule has 4 nitrogen and oxygen atoms in total. The second-order valence-electron chi connectivity index (χ2n) is 6.01. The minimum Gasteiger partial charge on any atom is -0.508 e. The van der Waals surface area contributed by atoms with E-state index in [-0.39, 0.29) is 0 Å². The molecule has 0 saturated heterocycles. The molecule has 0 radical (unpaired) electrons. The van der Waals surface area contributed by atoms with Crippen LogP contribution in [0.5, 0.6) is 5.75 Å². The van der Waals surface area contributed by atoms with Gasteiger partial charge in [-0.1, -0.05) is 55.8 Å². The molecule has 25 heavy (non-hydrogen) atoms. The summed E-state index contributed by atoms with van der Waals surface area (Å²) in [7, 11) is 0. The maximum Gasteiger partial charge on any atom is 0.147 e. The first-order valence-electron chi connectivity index (χ1n) is 8.69. The van der Waals surface area contributed by atoms with Crippen LogP contribution in [0.15, 0.2) is 60.8 Å². The Morgan fingerprint density at radius 2 is 1.72 bits per heavy atom. The van der Waals surface area contributed by atoms with Crippen molar-refractivity contribution in [3.8, 4) is 17.0 Å². The van der Waals surface area contributed by atoms with Gasteiger partial charge in [-0.3, -0.25) is 0 Å². The predicted octanol–water partition coefficient (Wildman–Crippen LogP) is 4.46. The van der Waals surface area contributed by atoms with Crippen molar-refractivity contribution < 1.29 is 5.11 Å². The Morgan fingerprint density at radius 1 is 0.960 bits per heavy atom. The molecule has 0 aliphatic rings. The van der Waals surface area contributed by atoms with E-state index < -0.39 is 0 Å². The van der Waals surface area contributed by atoms with Crippen LogP contribution in [0.3, 0.4) is 0 Å². The lowest BCUT2D eigenvalue weighted by molar-refractivity contribution is 0.475. The number of phenols is 1. The largest absolute Gasteiger partial charge is 0.508 e. The summed E-state index contributed by atoms with van der Waals surface area (Å²) in [6.45, 7) is 2.93. The van der Waals surface area contributed by atoms with Crippen molar-refractivity contribution in [3.63, 3.8) is 0 Å². The Kier molecular flexibility index (Phi) is 5.62. The Bertz CT molecular complexity index is 801.